The molecule has 0 radical (unpaired) electrons. The first-order valence-corrected chi connectivity index (χ1v) is 5.95. The molecule has 0 bridgehead atoms. The van der Waals surface area contributed by atoms with Gasteiger partial charge in [-0.1, -0.05) is 0 Å². The van der Waals surface area contributed by atoms with E-state index in [2.05, 4.69) is 5.32 Å². The third kappa shape index (κ3) is 3.91. The normalized spacial score (nSPS) is 16.6. The average Bonchev–Trinajstić information content (AvgIpc) is 3.19. The van der Waals surface area contributed by atoms with Crippen molar-refractivity contribution in [3.05, 3.63) is 24.3 Å². The second-order valence-electron chi connectivity index (χ2n) is 4.31. The molecule has 17 heavy (non-hydrogen) atoms. The summed E-state index contributed by atoms with van der Waals surface area (Å²) in [5, 5.41) is 12.5. The lowest BCUT2D eigenvalue weighted by molar-refractivity contribution is 0.182. The van der Waals surface area contributed by atoms with E-state index in [1.54, 1.807) is 7.11 Å². The van der Waals surface area contributed by atoms with Crippen LogP contribution >= 0.6 is 0 Å². The molecule has 94 valence electrons. The summed E-state index contributed by atoms with van der Waals surface area (Å²) in [5.74, 6) is 1.61. The smallest absolute Gasteiger partial charge is 0.119 e. The SMILES string of the molecule is COc1ccc(OCC(CO)NC2CC2)cc1. The lowest BCUT2D eigenvalue weighted by Crippen LogP contribution is -2.39. The topological polar surface area (TPSA) is 50.7 Å². The van der Waals surface area contributed by atoms with Crippen molar-refractivity contribution in [1.29, 1.82) is 0 Å². The van der Waals surface area contributed by atoms with Crippen molar-refractivity contribution < 1.29 is 14.6 Å². The molecule has 2 rings (SSSR count). The summed E-state index contributed by atoms with van der Waals surface area (Å²) in [6, 6.07) is 8.04. The summed E-state index contributed by atoms with van der Waals surface area (Å²) < 4.78 is 10.7. The summed E-state index contributed by atoms with van der Waals surface area (Å²) in [5.41, 5.74) is 0. The van der Waals surface area contributed by atoms with Crippen molar-refractivity contribution in [3.8, 4) is 11.5 Å². The maximum atomic E-state index is 9.20. The van der Waals surface area contributed by atoms with Gasteiger partial charge in [0.25, 0.3) is 0 Å². The zero-order chi connectivity index (χ0) is 12.1. The molecular formula is C13H19NO3. The highest BCUT2D eigenvalue weighted by molar-refractivity contribution is 5.31. The zero-order valence-corrected chi connectivity index (χ0v) is 10.1. The van der Waals surface area contributed by atoms with E-state index in [4.69, 9.17) is 9.47 Å². The van der Waals surface area contributed by atoms with Gasteiger partial charge >= 0.3 is 0 Å². The highest BCUT2D eigenvalue weighted by Gasteiger charge is 2.24. The Morgan fingerprint density at radius 3 is 2.47 bits per heavy atom. The van der Waals surface area contributed by atoms with Crippen LogP contribution in [0.15, 0.2) is 24.3 Å². The van der Waals surface area contributed by atoms with E-state index >= 15 is 0 Å². The summed E-state index contributed by atoms with van der Waals surface area (Å²) in [6.45, 7) is 0.589. The number of methoxy groups -OCH3 is 1. The fraction of sp³-hybridized carbons (Fsp3) is 0.538. The van der Waals surface area contributed by atoms with Crippen molar-refractivity contribution in [1.82, 2.24) is 5.32 Å². The summed E-state index contributed by atoms with van der Waals surface area (Å²) in [4.78, 5) is 0. The Labute approximate surface area is 102 Å². The molecule has 0 aliphatic heterocycles. The molecule has 1 aromatic carbocycles. The van der Waals surface area contributed by atoms with E-state index in [0.29, 0.717) is 12.6 Å². The van der Waals surface area contributed by atoms with Gasteiger partial charge in [0.05, 0.1) is 19.8 Å². The van der Waals surface area contributed by atoms with Gasteiger partial charge in [-0.25, -0.2) is 0 Å². The lowest BCUT2D eigenvalue weighted by Gasteiger charge is -2.16. The van der Waals surface area contributed by atoms with Crippen LogP contribution in [-0.2, 0) is 0 Å². The maximum Gasteiger partial charge on any atom is 0.119 e. The molecule has 0 saturated heterocycles. The third-order valence-corrected chi connectivity index (χ3v) is 2.78. The van der Waals surface area contributed by atoms with Crippen LogP contribution in [0.2, 0.25) is 0 Å². The number of hydrogen-bond acceptors (Lipinski definition) is 4. The highest BCUT2D eigenvalue weighted by Crippen LogP contribution is 2.20. The van der Waals surface area contributed by atoms with Crippen LogP contribution in [-0.4, -0.2) is 37.5 Å². The Bertz CT molecular complexity index is 335. The van der Waals surface area contributed by atoms with Gasteiger partial charge in [-0.3, -0.25) is 0 Å². The second-order valence-corrected chi connectivity index (χ2v) is 4.31. The predicted octanol–water partition coefficient (Wildman–Crippen LogP) is 1.19. The van der Waals surface area contributed by atoms with Gasteiger partial charge in [0.15, 0.2) is 0 Å². The molecule has 1 fully saturated rings. The summed E-state index contributed by atoms with van der Waals surface area (Å²) in [7, 11) is 1.64. The van der Waals surface area contributed by atoms with Crippen LogP contribution < -0.4 is 14.8 Å². The van der Waals surface area contributed by atoms with E-state index in [1.165, 1.54) is 12.8 Å². The fourth-order valence-corrected chi connectivity index (χ4v) is 1.61. The van der Waals surface area contributed by atoms with E-state index in [0.717, 1.165) is 11.5 Å². The molecule has 2 N–H and O–H groups in total. The molecule has 1 aliphatic carbocycles. The molecule has 0 amide bonds. The monoisotopic (exact) mass is 237 g/mol. The van der Waals surface area contributed by atoms with Crippen LogP contribution in [0.5, 0.6) is 11.5 Å². The van der Waals surface area contributed by atoms with Gasteiger partial charge in [0.1, 0.15) is 18.1 Å². The molecule has 1 saturated carbocycles. The molecule has 4 heteroatoms. The Morgan fingerprint density at radius 2 is 1.94 bits per heavy atom. The molecule has 1 aromatic rings. The van der Waals surface area contributed by atoms with Crippen molar-refractivity contribution in [3.63, 3.8) is 0 Å². The first-order chi connectivity index (χ1) is 8.31. The van der Waals surface area contributed by atoms with Crippen LogP contribution in [0.3, 0.4) is 0 Å². The number of aliphatic hydroxyl groups excluding tert-OH is 1. The standard InChI is InChI=1S/C13H19NO3/c1-16-12-4-6-13(7-5-12)17-9-11(8-15)14-10-2-3-10/h4-7,10-11,14-15H,2-3,8-9H2,1H3. The van der Waals surface area contributed by atoms with Crippen LogP contribution in [0.25, 0.3) is 0 Å². The minimum absolute atomic E-state index is 0.0181. The van der Waals surface area contributed by atoms with E-state index in [9.17, 15) is 5.11 Å². The molecule has 1 aliphatic rings. The minimum Gasteiger partial charge on any atom is -0.497 e. The van der Waals surface area contributed by atoms with Gasteiger partial charge in [0, 0.05) is 6.04 Å². The molecule has 1 unspecified atom stereocenters. The third-order valence-electron chi connectivity index (χ3n) is 2.78. The molecule has 0 heterocycles. The van der Waals surface area contributed by atoms with Crippen LogP contribution in [0.4, 0.5) is 0 Å². The highest BCUT2D eigenvalue weighted by atomic mass is 16.5. The Balaban J connectivity index is 1.78. The molecule has 1 atom stereocenters. The molecule has 4 nitrogen and oxygen atoms in total. The molecule has 0 spiro atoms. The van der Waals surface area contributed by atoms with Crippen molar-refractivity contribution in [2.45, 2.75) is 24.9 Å². The molecular weight excluding hydrogens is 218 g/mol. The van der Waals surface area contributed by atoms with Gasteiger partial charge < -0.3 is 19.9 Å². The first-order valence-electron chi connectivity index (χ1n) is 5.95. The number of hydrogen-bond donors (Lipinski definition) is 2. The number of nitrogens with one attached hydrogen (secondary N) is 1. The largest absolute Gasteiger partial charge is 0.497 e. The minimum atomic E-state index is 0.0181. The van der Waals surface area contributed by atoms with Gasteiger partial charge in [-0.2, -0.15) is 0 Å². The maximum absolute atomic E-state index is 9.20. The number of rotatable bonds is 7. The molecule has 0 aromatic heterocycles. The quantitative estimate of drug-likeness (QED) is 0.748. The second kappa shape index (κ2) is 5.89. The number of ether oxygens (including phenoxy) is 2. The van der Waals surface area contributed by atoms with Gasteiger partial charge in [-0.15, -0.1) is 0 Å². The Morgan fingerprint density at radius 1 is 1.29 bits per heavy atom. The number of benzene rings is 1. The fourth-order valence-electron chi connectivity index (χ4n) is 1.61. The average molecular weight is 237 g/mol. The first kappa shape index (κ1) is 12.2. The number of aliphatic hydroxyl groups is 1. The van der Waals surface area contributed by atoms with E-state index < -0.39 is 0 Å². The van der Waals surface area contributed by atoms with Crippen molar-refractivity contribution in [2.24, 2.45) is 0 Å². The van der Waals surface area contributed by atoms with Crippen molar-refractivity contribution in [2.75, 3.05) is 20.3 Å². The zero-order valence-electron chi connectivity index (χ0n) is 10.1. The van der Waals surface area contributed by atoms with Crippen LogP contribution in [0.1, 0.15) is 12.8 Å². The summed E-state index contributed by atoms with van der Waals surface area (Å²) >= 11 is 0. The van der Waals surface area contributed by atoms with E-state index in [1.807, 2.05) is 24.3 Å². The lowest BCUT2D eigenvalue weighted by atomic mass is 10.3. The van der Waals surface area contributed by atoms with Crippen LogP contribution in [0, 0.1) is 0 Å². The Hall–Kier alpha value is -1.26. The van der Waals surface area contributed by atoms with Crippen molar-refractivity contribution >= 4 is 0 Å². The predicted molar refractivity (Wildman–Crippen MR) is 65.5 cm³/mol. The van der Waals surface area contributed by atoms with Gasteiger partial charge in [0.2, 0.25) is 0 Å². The van der Waals surface area contributed by atoms with Gasteiger partial charge in [-0.05, 0) is 37.1 Å². The summed E-state index contributed by atoms with van der Waals surface area (Å²) in [6.07, 6.45) is 2.41. The van der Waals surface area contributed by atoms with E-state index in [-0.39, 0.29) is 12.6 Å². The Kier molecular flexibility index (Phi) is 4.23.